The summed E-state index contributed by atoms with van der Waals surface area (Å²) in [5, 5.41) is 11.2. The minimum absolute atomic E-state index is 0. The molecule has 0 fully saturated rings. The molecule has 0 bridgehead atoms. The number of aliphatic hydroxyl groups excluding tert-OH is 1. The van der Waals surface area contributed by atoms with E-state index in [-0.39, 0.29) is 14.2 Å². The largest absolute Gasteiger partial charge is 0.493 e. The van der Waals surface area contributed by atoms with Crippen molar-refractivity contribution in [3.63, 3.8) is 0 Å². The molecule has 3 aromatic rings. The Morgan fingerprint density at radius 1 is 1.11 bits per heavy atom. The first-order valence-electron chi connectivity index (χ1n) is 9.43. The van der Waals surface area contributed by atoms with Crippen LogP contribution < -0.4 is 9.47 Å². The van der Waals surface area contributed by atoms with Gasteiger partial charge in [0.25, 0.3) is 0 Å². The molecular weight excluding hydrogens is 352 g/mol. The number of fused-ring (bicyclic) bond motifs is 6. The second-order valence-electron chi connectivity index (χ2n) is 7.36. The average molecular weight is 380 g/mol. The van der Waals surface area contributed by atoms with Crippen LogP contribution in [0.3, 0.4) is 0 Å². The fourth-order valence-electron chi connectivity index (χ4n) is 4.89. The van der Waals surface area contributed by atoms with Crippen LogP contribution in [0.2, 0.25) is 0 Å². The number of nitrogens with zero attached hydrogens (tertiary/aromatic N) is 2. The quantitative estimate of drug-likeness (QED) is 0.749. The molecule has 2 aromatic carbocycles. The molecule has 3 heterocycles. The third kappa shape index (κ3) is 2.61. The van der Waals surface area contributed by atoms with Crippen LogP contribution in [0.15, 0.2) is 36.4 Å². The molecule has 0 aliphatic carbocycles. The molecule has 0 radical (unpaired) electrons. The lowest BCUT2D eigenvalue weighted by molar-refractivity contribution is 0.145. The summed E-state index contributed by atoms with van der Waals surface area (Å²) in [5.74, 6) is 1.60. The first-order chi connectivity index (χ1) is 13.2. The van der Waals surface area contributed by atoms with Crippen molar-refractivity contribution in [2.24, 2.45) is 0 Å². The third-order valence-corrected chi connectivity index (χ3v) is 6.20. The lowest BCUT2D eigenvalue weighted by Crippen LogP contribution is -2.39. The number of hydrogen-bond donors (Lipinski definition) is 1. The molecule has 0 spiro atoms. The molecule has 0 saturated carbocycles. The molecule has 5 nitrogen and oxygen atoms in total. The minimum atomic E-state index is 0. The zero-order valence-corrected chi connectivity index (χ0v) is 15.7. The lowest BCUT2D eigenvalue weighted by atomic mass is 9.85. The van der Waals surface area contributed by atoms with Crippen LogP contribution in [0.25, 0.3) is 10.9 Å². The van der Waals surface area contributed by atoms with Crippen molar-refractivity contribution in [3.8, 4) is 11.5 Å². The van der Waals surface area contributed by atoms with Crippen LogP contribution in [0.5, 0.6) is 11.5 Å². The summed E-state index contributed by atoms with van der Waals surface area (Å²) in [7, 11) is 3.38. The van der Waals surface area contributed by atoms with Gasteiger partial charge >= 0.3 is 0 Å². The van der Waals surface area contributed by atoms with E-state index in [0.29, 0.717) is 6.04 Å². The third-order valence-electron chi connectivity index (χ3n) is 6.20. The number of benzene rings is 2. The highest BCUT2D eigenvalue weighted by Crippen LogP contribution is 2.44. The number of para-hydroxylation sites is 1. The van der Waals surface area contributed by atoms with Gasteiger partial charge in [-0.05, 0) is 47.7 Å². The molecule has 2 aliphatic heterocycles. The summed E-state index contributed by atoms with van der Waals surface area (Å²) in [6.07, 6.45) is 1.95. The number of methoxy groups -OCH3 is 2. The Hall–Kier alpha value is -2.50. The lowest BCUT2D eigenvalue weighted by Gasteiger charge is -2.41. The first-order valence-corrected chi connectivity index (χ1v) is 9.43. The first kappa shape index (κ1) is 18.8. The molecule has 28 heavy (non-hydrogen) atoms. The Labute approximate surface area is 166 Å². The summed E-state index contributed by atoms with van der Waals surface area (Å²) in [6, 6.07) is 13.0. The van der Waals surface area contributed by atoms with Gasteiger partial charge < -0.3 is 19.1 Å². The summed E-state index contributed by atoms with van der Waals surface area (Å²) in [6.45, 7) is 1.90. The highest BCUT2D eigenvalue weighted by molar-refractivity contribution is 5.86. The van der Waals surface area contributed by atoms with E-state index in [0.717, 1.165) is 42.9 Å². The number of ether oxygens (including phenoxy) is 2. The topological polar surface area (TPSA) is 46.9 Å². The Morgan fingerprint density at radius 2 is 1.86 bits per heavy atom. The monoisotopic (exact) mass is 380 g/mol. The summed E-state index contributed by atoms with van der Waals surface area (Å²) < 4.78 is 13.1. The molecule has 148 valence electrons. The van der Waals surface area contributed by atoms with Gasteiger partial charge in [0, 0.05) is 30.2 Å². The van der Waals surface area contributed by atoms with E-state index >= 15 is 0 Å². The highest BCUT2D eigenvalue weighted by Gasteiger charge is 2.35. The maximum atomic E-state index is 9.97. The molecule has 0 saturated heterocycles. The number of hydrogen-bond acceptors (Lipinski definition) is 4. The molecule has 1 aromatic heterocycles. The number of aliphatic hydroxyl groups is 1. The molecule has 1 atom stereocenters. The maximum Gasteiger partial charge on any atom is 0.161 e. The van der Waals surface area contributed by atoms with Crippen molar-refractivity contribution in [3.05, 3.63) is 58.8 Å². The van der Waals surface area contributed by atoms with E-state index in [4.69, 9.17) is 9.47 Å². The highest BCUT2D eigenvalue weighted by atomic mass is 16.5. The molecule has 1 N–H and O–H groups in total. The molecule has 1 unspecified atom stereocenters. The van der Waals surface area contributed by atoms with Gasteiger partial charge in [0.05, 0.1) is 19.7 Å². The van der Waals surface area contributed by atoms with Gasteiger partial charge in [-0.25, -0.2) is 0 Å². The van der Waals surface area contributed by atoms with Gasteiger partial charge in [-0.2, -0.15) is 0 Å². The van der Waals surface area contributed by atoms with E-state index in [9.17, 15) is 5.11 Å². The molecule has 5 heteroatoms. The minimum Gasteiger partial charge on any atom is -0.493 e. The Morgan fingerprint density at radius 3 is 2.61 bits per heavy atom. The van der Waals surface area contributed by atoms with Gasteiger partial charge in [0.1, 0.15) is 6.73 Å². The molecule has 5 rings (SSSR count). The van der Waals surface area contributed by atoms with Crippen molar-refractivity contribution in [2.45, 2.75) is 39.6 Å². The zero-order valence-electron chi connectivity index (χ0n) is 15.7. The molecular formula is C23H28N2O3. The van der Waals surface area contributed by atoms with Crippen LogP contribution in [-0.4, -0.2) is 35.3 Å². The summed E-state index contributed by atoms with van der Waals surface area (Å²) >= 11 is 0. The van der Waals surface area contributed by atoms with Gasteiger partial charge in [0.15, 0.2) is 11.5 Å². The number of aromatic nitrogens is 1. The Balaban J connectivity index is 0.00000192. The van der Waals surface area contributed by atoms with Crippen LogP contribution in [0, 0.1) is 0 Å². The standard InChI is InChI=1S/C22H24N2O3.CH4/c1-26-21-9-14-7-8-23-12-20-17(10-19(23)16(14)11-22(21)27-2)15-5-3-4-6-18(15)24(20)13-25;/h3-6,9,11,19,25H,7-8,10,12-13H2,1-2H3;1H4. The summed E-state index contributed by atoms with van der Waals surface area (Å²) in [5.41, 5.74) is 6.42. The number of rotatable bonds is 3. The van der Waals surface area contributed by atoms with Crippen LogP contribution in [0.4, 0.5) is 0 Å². The van der Waals surface area contributed by atoms with Crippen molar-refractivity contribution in [1.29, 1.82) is 0 Å². The van der Waals surface area contributed by atoms with Gasteiger partial charge in [-0.1, -0.05) is 25.6 Å². The predicted molar refractivity (Wildman–Crippen MR) is 111 cm³/mol. The van der Waals surface area contributed by atoms with Gasteiger partial charge in [0.2, 0.25) is 0 Å². The smallest absolute Gasteiger partial charge is 0.161 e. The van der Waals surface area contributed by atoms with Crippen molar-refractivity contribution < 1.29 is 14.6 Å². The normalized spacial score (nSPS) is 18.0. The van der Waals surface area contributed by atoms with Crippen LogP contribution in [-0.2, 0) is 26.1 Å². The van der Waals surface area contributed by atoms with Crippen molar-refractivity contribution >= 4 is 10.9 Å². The fourth-order valence-corrected chi connectivity index (χ4v) is 4.89. The van der Waals surface area contributed by atoms with Crippen molar-refractivity contribution in [2.75, 3.05) is 20.8 Å². The molecule has 2 aliphatic rings. The Kier molecular flexibility index (Phi) is 4.81. The zero-order chi connectivity index (χ0) is 18.5. The van der Waals surface area contributed by atoms with E-state index in [1.54, 1.807) is 14.2 Å². The van der Waals surface area contributed by atoms with E-state index in [1.807, 2.05) is 6.07 Å². The van der Waals surface area contributed by atoms with E-state index in [2.05, 4.69) is 39.8 Å². The second-order valence-corrected chi connectivity index (χ2v) is 7.36. The van der Waals surface area contributed by atoms with E-state index < -0.39 is 0 Å². The van der Waals surface area contributed by atoms with Crippen molar-refractivity contribution in [1.82, 2.24) is 9.47 Å². The second kappa shape index (κ2) is 7.15. The van der Waals surface area contributed by atoms with Crippen LogP contribution >= 0.6 is 0 Å². The average Bonchev–Trinajstić information content (AvgIpc) is 3.03. The Bertz CT molecular complexity index is 1020. The molecule has 0 amide bonds. The predicted octanol–water partition coefficient (Wildman–Crippen LogP) is 3.90. The van der Waals surface area contributed by atoms with E-state index in [1.165, 1.54) is 27.8 Å². The SMILES string of the molecule is C.COc1cc2c(cc1OC)C1Cc3c(n(CO)c4ccccc34)CN1CC2. The van der Waals surface area contributed by atoms with Crippen LogP contribution in [0.1, 0.15) is 35.9 Å². The fraction of sp³-hybridized carbons (Fsp3) is 0.391. The summed E-state index contributed by atoms with van der Waals surface area (Å²) in [4.78, 5) is 2.53. The van der Waals surface area contributed by atoms with Gasteiger partial charge in [-0.3, -0.25) is 4.90 Å². The van der Waals surface area contributed by atoms with Gasteiger partial charge in [-0.15, -0.1) is 0 Å². The maximum absolute atomic E-state index is 9.97.